The molecule has 0 spiro atoms. The fourth-order valence-corrected chi connectivity index (χ4v) is 2.29. The first-order valence-electron chi connectivity index (χ1n) is 5.92. The number of rotatable bonds is 3. The van der Waals surface area contributed by atoms with Crippen molar-refractivity contribution < 1.29 is 0 Å². The van der Waals surface area contributed by atoms with E-state index in [-0.39, 0.29) is 6.04 Å². The maximum atomic E-state index is 9.12. The molecule has 2 aromatic carbocycles. The molecule has 2 rings (SSSR count). The molecular weight excluding hydrogens is 302 g/mol. The minimum absolute atomic E-state index is 0.105. The molecule has 96 valence electrons. The molecule has 0 saturated heterocycles. The van der Waals surface area contributed by atoms with Gasteiger partial charge >= 0.3 is 0 Å². The van der Waals surface area contributed by atoms with Crippen LogP contribution < -0.4 is 11.1 Å². The Morgan fingerprint density at radius 2 is 2.05 bits per heavy atom. The molecule has 0 radical (unpaired) electrons. The fraction of sp³-hybridized carbons (Fsp3) is 0.133. The Labute approximate surface area is 121 Å². The smallest absolute Gasteiger partial charge is 0.101 e. The second kappa shape index (κ2) is 5.77. The predicted octanol–water partition coefficient (Wildman–Crippen LogP) is 4.08. The maximum Gasteiger partial charge on any atom is 0.101 e. The number of nitrogens with one attached hydrogen (secondary N) is 1. The molecule has 3 nitrogen and oxygen atoms in total. The summed E-state index contributed by atoms with van der Waals surface area (Å²) in [6, 6.07) is 15.6. The molecule has 2 aromatic rings. The average molecular weight is 316 g/mol. The first kappa shape index (κ1) is 13.4. The first-order valence-corrected chi connectivity index (χ1v) is 6.71. The van der Waals surface area contributed by atoms with Crippen LogP contribution in [0.25, 0.3) is 0 Å². The number of hydrogen-bond acceptors (Lipinski definition) is 3. The molecule has 0 heterocycles. The van der Waals surface area contributed by atoms with E-state index in [0.717, 1.165) is 15.7 Å². The number of anilines is 2. The van der Waals surface area contributed by atoms with Crippen molar-refractivity contribution in [1.29, 1.82) is 5.26 Å². The van der Waals surface area contributed by atoms with Crippen molar-refractivity contribution in [2.24, 2.45) is 0 Å². The van der Waals surface area contributed by atoms with Crippen LogP contribution in [0.5, 0.6) is 0 Å². The summed E-state index contributed by atoms with van der Waals surface area (Å²) in [5.41, 5.74) is 8.78. The number of nitriles is 1. The molecule has 1 unspecified atom stereocenters. The van der Waals surface area contributed by atoms with Crippen LogP contribution >= 0.6 is 15.9 Å². The van der Waals surface area contributed by atoms with E-state index >= 15 is 0 Å². The topological polar surface area (TPSA) is 61.8 Å². The van der Waals surface area contributed by atoms with Crippen molar-refractivity contribution in [3.05, 3.63) is 58.1 Å². The summed E-state index contributed by atoms with van der Waals surface area (Å²) in [6.45, 7) is 2.05. The molecule has 3 N–H and O–H groups in total. The fourth-order valence-electron chi connectivity index (χ4n) is 1.87. The Morgan fingerprint density at radius 1 is 1.26 bits per heavy atom. The molecule has 0 amide bonds. The zero-order valence-electron chi connectivity index (χ0n) is 10.5. The van der Waals surface area contributed by atoms with Crippen molar-refractivity contribution in [2.45, 2.75) is 13.0 Å². The lowest BCUT2D eigenvalue weighted by Crippen LogP contribution is -2.08. The molecule has 0 saturated carbocycles. The standard InChI is InChI=1S/C15H14BrN3/c1-10(11-3-2-4-13(16)7-11)19-15-6-5-14(18)8-12(15)9-17/h2-8,10,19H,18H2,1H3. The van der Waals surface area contributed by atoms with Gasteiger partial charge in [-0.15, -0.1) is 0 Å². The second-order valence-electron chi connectivity index (χ2n) is 4.34. The van der Waals surface area contributed by atoms with Gasteiger partial charge in [-0.25, -0.2) is 0 Å². The zero-order chi connectivity index (χ0) is 13.8. The Balaban J connectivity index is 2.24. The molecule has 0 aliphatic carbocycles. The summed E-state index contributed by atoms with van der Waals surface area (Å²) in [4.78, 5) is 0. The van der Waals surface area contributed by atoms with E-state index in [1.54, 1.807) is 12.1 Å². The van der Waals surface area contributed by atoms with Crippen molar-refractivity contribution in [3.8, 4) is 6.07 Å². The molecule has 1 atom stereocenters. The number of halogens is 1. The van der Waals surface area contributed by atoms with Gasteiger partial charge in [0, 0.05) is 16.2 Å². The number of nitrogens with two attached hydrogens (primary N) is 1. The van der Waals surface area contributed by atoms with Crippen molar-refractivity contribution in [3.63, 3.8) is 0 Å². The number of hydrogen-bond donors (Lipinski definition) is 2. The molecule has 0 aromatic heterocycles. The van der Waals surface area contributed by atoms with Crippen LogP contribution in [0, 0.1) is 11.3 Å². The molecule has 0 bridgehead atoms. The van der Waals surface area contributed by atoms with Crippen LogP contribution in [0.3, 0.4) is 0 Å². The predicted molar refractivity (Wildman–Crippen MR) is 81.7 cm³/mol. The van der Waals surface area contributed by atoms with E-state index in [9.17, 15) is 0 Å². The van der Waals surface area contributed by atoms with Gasteiger partial charge in [0.15, 0.2) is 0 Å². The van der Waals surface area contributed by atoms with E-state index in [1.165, 1.54) is 0 Å². The molecule has 0 aliphatic rings. The summed E-state index contributed by atoms with van der Waals surface area (Å²) in [5.74, 6) is 0. The van der Waals surface area contributed by atoms with Gasteiger partial charge in [-0.3, -0.25) is 0 Å². The van der Waals surface area contributed by atoms with Crippen molar-refractivity contribution >= 4 is 27.3 Å². The van der Waals surface area contributed by atoms with Crippen LogP contribution in [-0.2, 0) is 0 Å². The summed E-state index contributed by atoms with van der Waals surface area (Å²) in [7, 11) is 0. The van der Waals surface area contributed by atoms with E-state index in [2.05, 4.69) is 40.3 Å². The van der Waals surface area contributed by atoms with Crippen molar-refractivity contribution in [1.82, 2.24) is 0 Å². The normalized spacial score (nSPS) is 11.6. The largest absolute Gasteiger partial charge is 0.399 e. The van der Waals surface area contributed by atoms with Gasteiger partial charge < -0.3 is 11.1 Å². The third-order valence-corrected chi connectivity index (χ3v) is 3.38. The van der Waals surface area contributed by atoms with Gasteiger partial charge in [-0.2, -0.15) is 5.26 Å². The number of nitrogens with zero attached hydrogens (tertiary/aromatic N) is 1. The van der Waals surface area contributed by atoms with Gasteiger partial charge in [0.25, 0.3) is 0 Å². The third-order valence-electron chi connectivity index (χ3n) is 2.88. The quantitative estimate of drug-likeness (QED) is 0.839. The second-order valence-corrected chi connectivity index (χ2v) is 5.25. The van der Waals surface area contributed by atoms with E-state index in [4.69, 9.17) is 11.0 Å². The summed E-state index contributed by atoms with van der Waals surface area (Å²) in [5, 5.41) is 12.5. The van der Waals surface area contributed by atoms with Crippen molar-refractivity contribution in [2.75, 3.05) is 11.1 Å². The van der Waals surface area contributed by atoms with Gasteiger partial charge in [0.05, 0.1) is 11.3 Å². The average Bonchev–Trinajstić information content (AvgIpc) is 2.40. The lowest BCUT2D eigenvalue weighted by Gasteiger charge is -2.17. The maximum absolute atomic E-state index is 9.12. The van der Waals surface area contributed by atoms with Crippen LogP contribution in [0.2, 0.25) is 0 Å². The Morgan fingerprint density at radius 3 is 2.74 bits per heavy atom. The molecule has 4 heteroatoms. The highest BCUT2D eigenvalue weighted by Crippen LogP contribution is 2.25. The Hall–Kier alpha value is -1.99. The minimum Gasteiger partial charge on any atom is -0.399 e. The van der Waals surface area contributed by atoms with Gasteiger partial charge in [0.2, 0.25) is 0 Å². The Kier molecular flexibility index (Phi) is 4.08. The monoisotopic (exact) mass is 315 g/mol. The van der Waals surface area contributed by atoms with E-state index in [0.29, 0.717) is 11.3 Å². The van der Waals surface area contributed by atoms with Gasteiger partial charge in [-0.05, 0) is 42.8 Å². The highest BCUT2D eigenvalue weighted by atomic mass is 79.9. The number of benzene rings is 2. The van der Waals surface area contributed by atoms with Crippen LogP contribution in [0.15, 0.2) is 46.9 Å². The summed E-state index contributed by atoms with van der Waals surface area (Å²) < 4.78 is 1.04. The van der Waals surface area contributed by atoms with Gasteiger partial charge in [0.1, 0.15) is 6.07 Å². The molecule has 0 aliphatic heterocycles. The Bertz CT molecular complexity index is 632. The lowest BCUT2D eigenvalue weighted by molar-refractivity contribution is 0.883. The minimum atomic E-state index is 0.105. The number of nitrogen functional groups attached to an aromatic ring is 1. The van der Waals surface area contributed by atoms with Crippen LogP contribution in [0.1, 0.15) is 24.1 Å². The molecular formula is C15H14BrN3. The SMILES string of the molecule is CC(Nc1ccc(N)cc1C#N)c1cccc(Br)c1. The summed E-state index contributed by atoms with van der Waals surface area (Å²) >= 11 is 3.46. The van der Waals surface area contributed by atoms with Crippen LogP contribution in [-0.4, -0.2) is 0 Å². The molecule has 19 heavy (non-hydrogen) atoms. The summed E-state index contributed by atoms with van der Waals surface area (Å²) in [6.07, 6.45) is 0. The highest BCUT2D eigenvalue weighted by molar-refractivity contribution is 9.10. The molecule has 0 fully saturated rings. The zero-order valence-corrected chi connectivity index (χ0v) is 12.1. The van der Waals surface area contributed by atoms with Gasteiger partial charge in [-0.1, -0.05) is 28.1 Å². The van der Waals surface area contributed by atoms with E-state index in [1.807, 2.05) is 24.3 Å². The van der Waals surface area contributed by atoms with Crippen LogP contribution in [0.4, 0.5) is 11.4 Å². The highest BCUT2D eigenvalue weighted by Gasteiger charge is 2.09. The lowest BCUT2D eigenvalue weighted by atomic mass is 10.1. The third kappa shape index (κ3) is 3.27. The first-order chi connectivity index (χ1) is 9.10. The van der Waals surface area contributed by atoms with E-state index < -0.39 is 0 Å².